The Hall–Kier alpha value is -1.16. The molecule has 0 fully saturated rings. The Morgan fingerprint density at radius 3 is 1.95 bits per heavy atom. The van der Waals surface area contributed by atoms with E-state index in [4.69, 9.17) is 5.11 Å². The number of hydrogen-bond acceptors (Lipinski definition) is 2. The monoisotopic (exact) mass is 348 g/mol. The lowest BCUT2D eigenvalue weighted by Crippen LogP contribution is -1.97. The van der Waals surface area contributed by atoms with E-state index < -0.39 is 6.10 Å². The maximum atomic E-state index is 10.1. The lowest BCUT2D eigenvalue weighted by molar-refractivity contribution is 0.162. The van der Waals surface area contributed by atoms with Crippen molar-refractivity contribution in [1.82, 2.24) is 0 Å². The molecule has 0 aliphatic rings. The number of unbranched alkanes of at least 4 members (excludes halogenated alkanes) is 2. The zero-order chi connectivity index (χ0) is 15.1. The molecule has 2 N–H and O–H groups in total. The number of halogens is 1. The topological polar surface area (TPSA) is 40.5 Å². The summed E-state index contributed by atoms with van der Waals surface area (Å²) in [6.45, 7) is 0.234. The Bertz CT molecular complexity index is 534. The van der Waals surface area contributed by atoms with Crippen molar-refractivity contribution < 1.29 is 10.2 Å². The van der Waals surface area contributed by atoms with Gasteiger partial charge in [0.1, 0.15) is 0 Å². The van der Waals surface area contributed by atoms with Crippen molar-refractivity contribution in [3.63, 3.8) is 0 Å². The van der Waals surface area contributed by atoms with Crippen molar-refractivity contribution in [3.8, 4) is 11.1 Å². The molecule has 0 aliphatic carbocycles. The fourth-order valence-electron chi connectivity index (χ4n) is 2.33. The first-order chi connectivity index (χ1) is 10.2. The minimum atomic E-state index is -0.414. The maximum Gasteiger partial charge on any atom is 0.0790 e. The van der Waals surface area contributed by atoms with Crippen molar-refractivity contribution >= 4 is 15.9 Å². The smallest absolute Gasteiger partial charge is 0.0790 e. The summed E-state index contributed by atoms with van der Waals surface area (Å²) in [5.41, 5.74) is 3.28. The van der Waals surface area contributed by atoms with Crippen molar-refractivity contribution in [2.24, 2.45) is 0 Å². The molecule has 0 spiro atoms. The molecule has 21 heavy (non-hydrogen) atoms. The highest BCUT2D eigenvalue weighted by Gasteiger charge is 2.07. The molecule has 2 aromatic carbocycles. The molecule has 112 valence electrons. The number of aliphatic hydroxyl groups is 2. The van der Waals surface area contributed by atoms with Gasteiger partial charge in [-0.05, 0) is 41.7 Å². The quantitative estimate of drug-likeness (QED) is 0.711. The van der Waals surface area contributed by atoms with Crippen LogP contribution in [-0.4, -0.2) is 16.8 Å². The second-order valence-corrected chi connectivity index (χ2v) is 6.13. The molecule has 0 aliphatic heterocycles. The van der Waals surface area contributed by atoms with Crippen LogP contribution >= 0.6 is 15.9 Å². The average Bonchev–Trinajstić information content (AvgIpc) is 2.52. The summed E-state index contributed by atoms with van der Waals surface area (Å²) in [6, 6.07) is 16.3. The van der Waals surface area contributed by atoms with Crippen LogP contribution in [0.3, 0.4) is 0 Å². The summed E-state index contributed by atoms with van der Waals surface area (Å²) >= 11 is 3.44. The maximum absolute atomic E-state index is 10.1. The zero-order valence-electron chi connectivity index (χ0n) is 12.0. The summed E-state index contributed by atoms with van der Waals surface area (Å²) < 4.78 is 1.07. The fourth-order valence-corrected chi connectivity index (χ4v) is 2.60. The molecule has 0 heterocycles. The van der Waals surface area contributed by atoms with E-state index in [1.165, 1.54) is 5.56 Å². The normalized spacial score (nSPS) is 12.3. The number of aliphatic hydroxyl groups excluding tert-OH is 2. The van der Waals surface area contributed by atoms with Crippen molar-refractivity contribution in [1.29, 1.82) is 0 Å². The summed E-state index contributed by atoms with van der Waals surface area (Å²) in [4.78, 5) is 0. The van der Waals surface area contributed by atoms with E-state index >= 15 is 0 Å². The van der Waals surface area contributed by atoms with Gasteiger partial charge in [0.05, 0.1) is 6.10 Å². The first kappa shape index (κ1) is 16.2. The standard InChI is InChI=1S/C18H21BrO2/c19-17-11-9-15(10-12-17)14-5-7-16(8-6-14)18(21)4-2-1-3-13-20/h5-12,18,20-21H,1-4,13H2. The zero-order valence-corrected chi connectivity index (χ0v) is 13.6. The predicted octanol–water partition coefficient (Wildman–Crippen LogP) is 4.70. The van der Waals surface area contributed by atoms with Crippen LogP contribution in [-0.2, 0) is 0 Å². The first-order valence-electron chi connectivity index (χ1n) is 7.35. The minimum Gasteiger partial charge on any atom is -0.396 e. The fraction of sp³-hybridized carbons (Fsp3) is 0.333. The third-order valence-electron chi connectivity index (χ3n) is 3.61. The molecular formula is C18H21BrO2. The highest BCUT2D eigenvalue weighted by Crippen LogP contribution is 2.25. The van der Waals surface area contributed by atoms with Crippen LogP contribution in [0.2, 0.25) is 0 Å². The minimum absolute atomic E-state index is 0.234. The molecule has 0 saturated carbocycles. The van der Waals surface area contributed by atoms with E-state index in [2.05, 4.69) is 40.2 Å². The molecule has 2 aromatic rings. The van der Waals surface area contributed by atoms with Gasteiger partial charge in [-0.25, -0.2) is 0 Å². The number of rotatable bonds is 7. The van der Waals surface area contributed by atoms with Crippen molar-refractivity contribution in [2.45, 2.75) is 31.8 Å². The van der Waals surface area contributed by atoms with E-state index in [9.17, 15) is 5.11 Å². The average molecular weight is 349 g/mol. The van der Waals surface area contributed by atoms with Crippen LogP contribution in [0.5, 0.6) is 0 Å². The largest absolute Gasteiger partial charge is 0.396 e. The summed E-state index contributed by atoms with van der Waals surface area (Å²) in [6.07, 6.45) is 3.05. The third-order valence-corrected chi connectivity index (χ3v) is 4.14. The third kappa shape index (κ3) is 4.95. The highest BCUT2D eigenvalue weighted by molar-refractivity contribution is 9.10. The Morgan fingerprint density at radius 2 is 1.38 bits per heavy atom. The molecule has 3 heteroatoms. The van der Waals surface area contributed by atoms with Crippen LogP contribution in [0.15, 0.2) is 53.0 Å². The van der Waals surface area contributed by atoms with Gasteiger partial charge in [0.2, 0.25) is 0 Å². The Kier molecular flexibility index (Phi) is 6.43. The Labute approximate surface area is 134 Å². The van der Waals surface area contributed by atoms with Crippen LogP contribution in [0, 0.1) is 0 Å². The van der Waals surface area contributed by atoms with E-state index in [1.807, 2.05) is 24.3 Å². The molecule has 0 radical (unpaired) electrons. The predicted molar refractivity (Wildman–Crippen MR) is 90.1 cm³/mol. The summed E-state index contributed by atoms with van der Waals surface area (Å²) in [5, 5.41) is 18.9. The number of benzene rings is 2. The molecule has 0 aromatic heterocycles. The Morgan fingerprint density at radius 1 is 0.810 bits per heavy atom. The van der Waals surface area contributed by atoms with E-state index in [1.54, 1.807) is 0 Å². The molecule has 1 atom stereocenters. The van der Waals surface area contributed by atoms with Gasteiger partial charge in [-0.2, -0.15) is 0 Å². The van der Waals surface area contributed by atoms with Gasteiger partial charge in [-0.1, -0.05) is 65.2 Å². The summed E-state index contributed by atoms with van der Waals surface area (Å²) in [5.74, 6) is 0. The molecule has 1 unspecified atom stereocenters. The van der Waals surface area contributed by atoms with E-state index in [0.29, 0.717) is 0 Å². The number of hydrogen-bond donors (Lipinski definition) is 2. The highest BCUT2D eigenvalue weighted by atomic mass is 79.9. The first-order valence-corrected chi connectivity index (χ1v) is 8.15. The SMILES string of the molecule is OCCCCCC(O)c1ccc(-c2ccc(Br)cc2)cc1. The molecule has 2 nitrogen and oxygen atoms in total. The molecular weight excluding hydrogens is 328 g/mol. The second kappa shape index (κ2) is 8.32. The van der Waals surface area contributed by atoms with Crippen LogP contribution in [0.4, 0.5) is 0 Å². The molecule has 0 saturated heterocycles. The van der Waals surface area contributed by atoms with Gasteiger partial charge >= 0.3 is 0 Å². The van der Waals surface area contributed by atoms with Gasteiger partial charge in [0.25, 0.3) is 0 Å². The second-order valence-electron chi connectivity index (χ2n) is 5.22. The van der Waals surface area contributed by atoms with Crippen LogP contribution < -0.4 is 0 Å². The van der Waals surface area contributed by atoms with E-state index in [-0.39, 0.29) is 6.61 Å². The van der Waals surface area contributed by atoms with Crippen LogP contribution in [0.1, 0.15) is 37.4 Å². The van der Waals surface area contributed by atoms with Gasteiger partial charge < -0.3 is 10.2 Å². The van der Waals surface area contributed by atoms with Crippen molar-refractivity contribution in [3.05, 3.63) is 58.6 Å². The molecule has 2 rings (SSSR count). The van der Waals surface area contributed by atoms with Crippen molar-refractivity contribution in [2.75, 3.05) is 6.61 Å². The lowest BCUT2D eigenvalue weighted by atomic mass is 9.99. The van der Waals surface area contributed by atoms with Gasteiger partial charge in [-0.3, -0.25) is 0 Å². The van der Waals surface area contributed by atoms with Gasteiger partial charge in [0, 0.05) is 11.1 Å². The Balaban J connectivity index is 1.96. The van der Waals surface area contributed by atoms with Gasteiger partial charge in [-0.15, -0.1) is 0 Å². The van der Waals surface area contributed by atoms with Gasteiger partial charge in [0.15, 0.2) is 0 Å². The van der Waals surface area contributed by atoms with Crippen LogP contribution in [0.25, 0.3) is 11.1 Å². The lowest BCUT2D eigenvalue weighted by Gasteiger charge is -2.11. The summed E-state index contributed by atoms with van der Waals surface area (Å²) in [7, 11) is 0. The molecule has 0 amide bonds. The molecule has 0 bridgehead atoms. The van der Waals surface area contributed by atoms with E-state index in [0.717, 1.165) is 41.3 Å².